The minimum Gasteiger partial charge on any atom is -0.508 e. The number of aryl methyl sites for hydroxylation is 3. The Labute approximate surface area is 366 Å². The number of aliphatic imine (C=N–C) groups is 1. The molecule has 3 aliphatic heterocycles. The number of hydrogen-bond donors (Lipinski definition) is 2. The molecule has 0 unspecified atom stereocenters. The van der Waals surface area contributed by atoms with Gasteiger partial charge in [-0.1, -0.05) is 48.5 Å². The van der Waals surface area contributed by atoms with Gasteiger partial charge in [-0.25, -0.2) is 8.78 Å². The number of piperazine rings is 1. The number of aromatic hydroxyl groups is 1. The van der Waals surface area contributed by atoms with E-state index in [1.807, 2.05) is 36.1 Å². The first-order chi connectivity index (χ1) is 29.9. The van der Waals surface area contributed by atoms with Crippen molar-refractivity contribution in [2.24, 2.45) is 4.99 Å². The lowest BCUT2D eigenvalue weighted by atomic mass is 9.69. The standard InChI is InChI=1S/C50H53F2N7O2S/c1-30-32(3)62-49-45(30)47(53-31(2)48-55-54-33(4)59(48)49)35-10-13-37(14-11-35)57-20-18-50(61,19-21-57)29-56-22-24-58(25-23-56)44-28-42(51)41(27-43(44)52)46-39(34-8-6-5-7-9-34)16-12-36-26-38(60)15-17-40(36)46/h5-11,13-15,17,26-28,31,39,46,60-61H,12,16,18-25,29H2,1-4H3/t31-,39+,46-/m0/s1. The van der Waals surface area contributed by atoms with Crippen LogP contribution in [0.25, 0.3) is 5.00 Å². The number of aliphatic hydroxyl groups is 1. The molecule has 62 heavy (non-hydrogen) atoms. The number of β-amino-alcohol motifs (C(OH)–C–C–N with tert-alkyl or cyclic N) is 1. The summed E-state index contributed by atoms with van der Waals surface area (Å²) >= 11 is 1.76. The van der Waals surface area contributed by atoms with Gasteiger partial charge in [0.1, 0.15) is 34.3 Å². The van der Waals surface area contributed by atoms with Crippen LogP contribution in [0.2, 0.25) is 0 Å². The predicted octanol–water partition coefficient (Wildman–Crippen LogP) is 9.17. The van der Waals surface area contributed by atoms with E-state index in [-0.39, 0.29) is 29.3 Å². The molecule has 4 aliphatic rings. The lowest BCUT2D eigenvalue weighted by molar-refractivity contribution is -0.0173. The Bertz CT molecular complexity index is 2660. The molecule has 2 aromatic heterocycles. The molecular weight excluding hydrogens is 801 g/mol. The Kier molecular flexibility index (Phi) is 10.5. The number of hydrogen-bond acceptors (Lipinski definition) is 9. The van der Waals surface area contributed by atoms with Gasteiger partial charge in [-0.2, -0.15) is 0 Å². The van der Waals surface area contributed by atoms with Gasteiger partial charge in [-0.05, 0) is 117 Å². The summed E-state index contributed by atoms with van der Waals surface area (Å²) in [6, 6.07) is 26.7. The molecule has 2 saturated heterocycles. The zero-order valence-electron chi connectivity index (χ0n) is 35.8. The second-order valence-electron chi connectivity index (χ2n) is 17.8. The van der Waals surface area contributed by atoms with E-state index in [9.17, 15) is 10.2 Å². The van der Waals surface area contributed by atoms with Crippen molar-refractivity contribution < 1.29 is 19.0 Å². The highest BCUT2D eigenvalue weighted by atomic mass is 32.1. The van der Waals surface area contributed by atoms with Gasteiger partial charge in [0.25, 0.3) is 0 Å². The van der Waals surface area contributed by atoms with Gasteiger partial charge in [0.15, 0.2) is 5.82 Å². The Hall–Kier alpha value is -5.43. The normalized spacial score (nSPS) is 21.2. The van der Waals surface area contributed by atoms with Gasteiger partial charge < -0.3 is 20.0 Å². The Morgan fingerprint density at radius 3 is 2.29 bits per heavy atom. The SMILES string of the molecule is Cc1sc2c(c1C)C(c1ccc(N3CCC(O)(CN4CCN(c5cc(F)c([C@@H]6c7ccc(O)cc7CC[C@@H]6c6ccccc6)cc5F)CC4)CC3)cc1)=N[C@@H](C)c1nnc(C)n1-2. The molecule has 5 heterocycles. The average molecular weight is 854 g/mol. The van der Waals surface area contributed by atoms with Crippen molar-refractivity contribution >= 4 is 28.4 Å². The number of fused-ring (bicyclic) bond motifs is 4. The van der Waals surface area contributed by atoms with Crippen LogP contribution < -0.4 is 9.80 Å². The minimum absolute atomic E-state index is 0.0230. The van der Waals surface area contributed by atoms with E-state index in [1.54, 1.807) is 23.5 Å². The summed E-state index contributed by atoms with van der Waals surface area (Å²) in [5.41, 5.74) is 8.37. The molecule has 0 radical (unpaired) electrons. The Balaban J connectivity index is 0.782. The quantitative estimate of drug-likeness (QED) is 0.166. The predicted molar refractivity (Wildman–Crippen MR) is 243 cm³/mol. The molecule has 0 spiro atoms. The fraction of sp³-hybridized carbons (Fsp3) is 0.380. The van der Waals surface area contributed by atoms with Crippen LogP contribution in [-0.2, 0) is 6.42 Å². The van der Waals surface area contributed by atoms with E-state index in [2.05, 4.69) is 81.7 Å². The molecule has 3 atom stereocenters. The first kappa shape index (κ1) is 40.6. The maximum Gasteiger partial charge on any atom is 0.162 e. The number of nitrogens with zero attached hydrogens (tertiary/aromatic N) is 7. The van der Waals surface area contributed by atoms with Crippen LogP contribution in [0.5, 0.6) is 5.75 Å². The van der Waals surface area contributed by atoms with Crippen LogP contribution in [0.15, 0.2) is 89.9 Å². The van der Waals surface area contributed by atoms with Crippen LogP contribution in [-0.4, -0.2) is 87.0 Å². The molecule has 9 nitrogen and oxygen atoms in total. The number of piperidine rings is 1. The first-order valence-corrected chi connectivity index (χ1v) is 22.8. The number of rotatable bonds is 7. The van der Waals surface area contributed by atoms with Gasteiger partial charge in [0, 0.05) is 79.5 Å². The lowest BCUT2D eigenvalue weighted by Crippen LogP contribution is -2.55. The van der Waals surface area contributed by atoms with Gasteiger partial charge in [-0.3, -0.25) is 14.5 Å². The Morgan fingerprint density at radius 1 is 0.806 bits per heavy atom. The molecule has 320 valence electrons. The van der Waals surface area contributed by atoms with Crippen molar-refractivity contribution in [3.05, 3.63) is 152 Å². The van der Waals surface area contributed by atoms with Crippen LogP contribution in [0.1, 0.15) is 99.5 Å². The lowest BCUT2D eigenvalue weighted by Gasteiger charge is -2.44. The summed E-state index contributed by atoms with van der Waals surface area (Å²) in [4.78, 5) is 13.0. The summed E-state index contributed by atoms with van der Waals surface area (Å²) in [5.74, 6) is 0.667. The molecule has 0 amide bonds. The van der Waals surface area contributed by atoms with E-state index >= 15 is 8.78 Å². The second kappa shape index (κ2) is 16.0. The molecule has 12 heteroatoms. The van der Waals surface area contributed by atoms with Crippen molar-refractivity contribution in [1.29, 1.82) is 0 Å². The molecule has 4 aromatic carbocycles. The fourth-order valence-electron chi connectivity index (χ4n) is 10.5. The Morgan fingerprint density at radius 2 is 1.55 bits per heavy atom. The van der Waals surface area contributed by atoms with E-state index in [0.29, 0.717) is 51.1 Å². The zero-order chi connectivity index (χ0) is 42.9. The van der Waals surface area contributed by atoms with E-state index in [4.69, 9.17) is 4.99 Å². The summed E-state index contributed by atoms with van der Waals surface area (Å²) < 4.78 is 34.7. The van der Waals surface area contributed by atoms with E-state index < -0.39 is 17.2 Å². The molecular formula is C50H53F2N7O2S. The van der Waals surface area contributed by atoms with Crippen LogP contribution >= 0.6 is 11.3 Å². The number of aromatic nitrogens is 3. The molecule has 10 rings (SSSR count). The van der Waals surface area contributed by atoms with Crippen molar-refractivity contribution in [3.63, 3.8) is 0 Å². The number of phenols is 1. The third-order valence-electron chi connectivity index (χ3n) is 14.0. The maximum absolute atomic E-state index is 16.4. The summed E-state index contributed by atoms with van der Waals surface area (Å²) in [6.07, 6.45) is 2.81. The highest BCUT2D eigenvalue weighted by molar-refractivity contribution is 7.15. The monoisotopic (exact) mass is 853 g/mol. The molecule has 0 saturated carbocycles. The van der Waals surface area contributed by atoms with Crippen LogP contribution in [0, 0.1) is 32.4 Å². The molecule has 0 bridgehead atoms. The highest BCUT2D eigenvalue weighted by Gasteiger charge is 2.38. The number of thiophene rings is 1. The van der Waals surface area contributed by atoms with E-state index in [1.165, 1.54) is 22.6 Å². The summed E-state index contributed by atoms with van der Waals surface area (Å²) in [7, 11) is 0. The van der Waals surface area contributed by atoms with Crippen LogP contribution in [0.3, 0.4) is 0 Å². The third kappa shape index (κ3) is 7.29. The summed E-state index contributed by atoms with van der Waals surface area (Å²) in [6.45, 7) is 12.8. The van der Waals surface area contributed by atoms with Crippen molar-refractivity contribution in [2.45, 2.75) is 76.9 Å². The van der Waals surface area contributed by atoms with Crippen molar-refractivity contribution in [3.8, 4) is 10.8 Å². The number of phenolic OH excluding ortho intramolecular Hbond substituents is 1. The van der Waals surface area contributed by atoms with Gasteiger partial charge in [0.05, 0.1) is 17.0 Å². The largest absolute Gasteiger partial charge is 0.508 e. The molecule has 2 fully saturated rings. The molecule has 2 N–H and O–H groups in total. The van der Waals surface area contributed by atoms with E-state index in [0.717, 1.165) is 81.8 Å². The molecule has 1 aliphatic carbocycles. The third-order valence-corrected chi connectivity index (χ3v) is 15.2. The molecule has 6 aromatic rings. The van der Waals surface area contributed by atoms with Gasteiger partial charge in [0.2, 0.25) is 0 Å². The zero-order valence-corrected chi connectivity index (χ0v) is 36.6. The maximum atomic E-state index is 16.4. The smallest absolute Gasteiger partial charge is 0.162 e. The summed E-state index contributed by atoms with van der Waals surface area (Å²) in [5, 5.41) is 32.0. The fourth-order valence-corrected chi connectivity index (χ4v) is 11.7. The average Bonchev–Trinajstić information content (AvgIpc) is 3.77. The topological polar surface area (TPSA) is 93.2 Å². The minimum atomic E-state index is -0.826. The second-order valence-corrected chi connectivity index (χ2v) is 19.0. The van der Waals surface area contributed by atoms with Crippen molar-refractivity contribution in [1.82, 2.24) is 19.7 Å². The van der Waals surface area contributed by atoms with Gasteiger partial charge in [-0.15, -0.1) is 21.5 Å². The van der Waals surface area contributed by atoms with Gasteiger partial charge >= 0.3 is 0 Å². The number of halogens is 2. The van der Waals surface area contributed by atoms with Crippen LogP contribution in [0.4, 0.5) is 20.2 Å². The number of anilines is 2. The van der Waals surface area contributed by atoms with Crippen molar-refractivity contribution in [2.75, 3.05) is 55.6 Å². The first-order valence-electron chi connectivity index (χ1n) is 22.0. The number of benzene rings is 4. The highest BCUT2D eigenvalue weighted by Crippen LogP contribution is 2.48.